The fraction of sp³-hybridized carbons (Fsp3) is 0.286. The molecule has 0 saturated heterocycles. The number of carbonyl (C=O) groups excluding carboxylic acids is 1. The van der Waals surface area contributed by atoms with Crippen molar-refractivity contribution in [2.45, 2.75) is 6.92 Å². The highest BCUT2D eigenvalue weighted by Crippen LogP contribution is 2.19. The minimum atomic E-state index is -1.10. The Morgan fingerprint density at radius 3 is 2.53 bits per heavy atom. The molecule has 0 spiro atoms. The molecule has 0 radical (unpaired) electrons. The number of carbonyl (C=O) groups is 2. The van der Waals surface area contributed by atoms with E-state index in [1.54, 1.807) is 13.1 Å². The van der Waals surface area contributed by atoms with E-state index in [1.807, 2.05) is 25.1 Å². The van der Waals surface area contributed by atoms with Crippen molar-refractivity contribution in [2.75, 3.05) is 25.0 Å². The molecular formula is C14H16N2O3. The van der Waals surface area contributed by atoms with Crippen LogP contribution in [0, 0.1) is 19.3 Å². The minimum absolute atomic E-state index is 0.0403. The Morgan fingerprint density at radius 2 is 2.00 bits per heavy atom. The standard InChI is InChI=1S/C14H16N2O3/c1-4-9-16(10-13(17)18)14(19)15(3)12-8-6-5-7-11(12)2/h1,5-8H,9-10H2,2-3H3,(H,17,18). The van der Waals surface area contributed by atoms with Crippen LogP contribution in [-0.4, -0.2) is 42.1 Å². The Kier molecular flexibility index (Phi) is 4.95. The molecule has 2 amide bonds. The molecule has 0 bridgehead atoms. The van der Waals surface area contributed by atoms with Crippen LogP contribution in [0.2, 0.25) is 0 Å². The molecule has 0 unspecified atom stereocenters. The molecular weight excluding hydrogens is 244 g/mol. The van der Waals surface area contributed by atoms with Crippen molar-refractivity contribution in [3.8, 4) is 12.3 Å². The molecule has 0 saturated carbocycles. The zero-order chi connectivity index (χ0) is 14.4. The van der Waals surface area contributed by atoms with Gasteiger partial charge in [0.1, 0.15) is 6.54 Å². The predicted octanol–water partition coefficient (Wildman–Crippen LogP) is 1.57. The summed E-state index contributed by atoms with van der Waals surface area (Å²) in [6.45, 7) is 1.42. The number of hydrogen-bond acceptors (Lipinski definition) is 2. The number of aryl methyl sites for hydroxylation is 1. The fourth-order valence-corrected chi connectivity index (χ4v) is 1.72. The first-order chi connectivity index (χ1) is 8.97. The molecule has 1 aromatic carbocycles. The molecule has 0 heterocycles. The van der Waals surface area contributed by atoms with E-state index >= 15 is 0 Å². The molecule has 1 N–H and O–H groups in total. The number of carboxylic acid groups (broad SMARTS) is 1. The molecule has 0 atom stereocenters. The second-order valence-corrected chi connectivity index (χ2v) is 4.08. The van der Waals surface area contributed by atoms with Crippen LogP contribution >= 0.6 is 0 Å². The van der Waals surface area contributed by atoms with Crippen molar-refractivity contribution in [1.29, 1.82) is 0 Å². The molecule has 0 aromatic heterocycles. The zero-order valence-electron chi connectivity index (χ0n) is 11.0. The third kappa shape index (κ3) is 3.75. The topological polar surface area (TPSA) is 60.9 Å². The molecule has 0 aliphatic carbocycles. The van der Waals surface area contributed by atoms with Gasteiger partial charge in [0.25, 0.3) is 0 Å². The Hall–Kier alpha value is -2.48. The highest BCUT2D eigenvalue weighted by atomic mass is 16.4. The van der Waals surface area contributed by atoms with E-state index in [0.717, 1.165) is 16.2 Å². The van der Waals surface area contributed by atoms with E-state index in [0.29, 0.717) is 0 Å². The minimum Gasteiger partial charge on any atom is -0.480 e. The summed E-state index contributed by atoms with van der Waals surface area (Å²) in [6, 6.07) is 6.92. The van der Waals surface area contributed by atoms with Crippen LogP contribution in [-0.2, 0) is 4.79 Å². The number of benzene rings is 1. The third-order valence-corrected chi connectivity index (χ3v) is 2.64. The molecule has 5 nitrogen and oxygen atoms in total. The van der Waals surface area contributed by atoms with Crippen LogP contribution in [0.5, 0.6) is 0 Å². The van der Waals surface area contributed by atoms with Gasteiger partial charge in [-0.3, -0.25) is 9.69 Å². The summed E-state index contributed by atoms with van der Waals surface area (Å²) in [5.41, 5.74) is 1.65. The first kappa shape index (κ1) is 14.6. The number of anilines is 1. The number of para-hydroxylation sites is 1. The Labute approximate surface area is 112 Å². The second-order valence-electron chi connectivity index (χ2n) is 4.08. The Balaban J connectivity index is 2.94. The van der Waals surface area contributed by atoms with Gasteiger partial charge in [-0.15, -0.1) is 6.42 Å². The SMILES string of the molecule is C#CCN(CC(=O)O)C(=O)N(C)c1ccccc1C. The molecule has 0 aliphatic rings. The van der Waals surface area contributed by atoms with Crippen molar-refractivity contribution < 1.29 is 14.7 Å². The van der Waals surface area contributed by atoms with Crippen LogP contribution in [0.15, 0.2) is 24.3 Å². The summed E-state index contributed by atoms with van der Waals surface area (Å²) < 4.78 is 0. The maximum absolute atomic E-state index is 12.2. The molecule has 100 valence electrons. The first-order valence-electron chi connectivity index (χ1n) is 5.71. The lowest BCUT2D eigenvalue weighted by atomic mass is 10.2. The number of nitrogens with zero attached hydrogens (tertiary/aromatic N) is 2. The molecule has 0 fully saturated rings. The summed E-state index contributed by atoms with van der Waals surface area (Å²) in [4.78, 5) is 25.5. The summed E-state index contributed by atoms with van der Waals surface area (Å²) in [5.74, 6) is 1.19. The van der Waals surface area contributed by atoms with Gasteiger partial charge in [-0.05, 0) is 18.6 Å². The van der Waals surface area contributed by atoms with Crippen molar-refractivity contribution in [1.82, 2.24) is 4.90 Å². The van der Waals surface area contributed by atoms with Gasteiger partial charge in [0.2, 0.25) is 0 Å². The maximum atomic E-state index is 12.2. The smallest absolute Gasteiger partial charge is 0.325 e. The quantitative estimate of drug-likeness (QED) is 0.836. The lowest BCUT2D eigenvalue weighted by Crippen LogP contribution is -2.44. The lowest BCUT2D eigenvalue weighted by Gasteiger charge is -2.26. The Morgan fingerprint density at radius 1 is 1.37 bits per heavy atom. The van der Waals surface area contributed by atoms with Gasteiger partial charge in [0.05, 0.1) is 6.54 Å². The van der Waals surface area contributed by atoms with Gasteiger partial charge in [0, 0.05) is 12.7 Å². The average Bonchev–Trinajstić information content (AvgIpc) is 2.36. The second kappa shape index (κ2) is 6.45. The van der Waals surface area contributed by atoms with Crippen LogP contribution in [0.4, 0.5) is 10.5 Å². The van der Waals surface area contributed by atoms with Crippen molar-refractivity contribution in [3.63, 3.8) is 0 Å². The first-order valence-corrected chi connectivity index (χ1v) is 5.71. The van der Waals surface area contributed by atoms with Gasteiger partial charge in [-0.1, -0.05) is 24.1 Å². The van der Waals surface area contributed by atoms with Crippen molar-refractivity contribution >= 4 is 17.7 Å². The van der Waals surface area contributed by atoms with Crippen LogP contribution in [0.25, 0.3) is 0 Å². The monoisotopic (exact) mass is 260 g/mol. The van der Waals surface area contributed by atoms with Crippen LogP contribution in [0.1, 0.15) is 5.56 Å². The molecule has 0 aliphatic heterocycles. The highest BCUT2D eigenvalue weighted by Gasteiger charge is 2.21. The number of amides is 2. The summed E-state index contributed by atoms with van der Waals surface area (Å²) in [5, 5.41) is 8.79. The van der Waals surface area contributed by atoms with Gasteiger partial charge in [-0.25, -0.2) is 4.79 Å². The zero-order valence-corrected chi connectivity index (χ0v) is 11.0. The molecule has 1 rings (SSSR count). The summed E-state index contributed by atoms with van der Waals surface area (Å²) in [7, 11) is 1.59. The normalized spacial score (nSPS) is 9.53. The van der Waals surface area contributed by atoms with E-state index < -0.39 is 18.5 Å². The summed E-state index contributed by atoms with van der Waals surface area (Å²) in [6.07, 6.45) is 5.16. The summed E-state index contributed by atoms with van der Waals surface area (Å²) >= 11 is 0. The number of terminal acetylenes is 1. The van der Waals surface area contributed by atoms with Gasteiger partial charge in [-0.2, -0.15) is 0 Å². The van der Waals surface area contributed by atoms with Crippen LogP contribution in [0.3, 0.4) is 0 Å². The fourth-order valence-electron chi connectivity index (χ4n) is 1.72. The third-order valence-electron chi connectivity index (χ3n) is 2.64. The maximum Gasteiger partial charge on any atom is 0.325 e. The molecule has 1 aromatic rings. The van der Waals surface area contributed by atoms with E-state index in [2.05, 4.69) is 5.92 Å². The van der Waals surface area contributed by atoms with Gasteiger partial charge in [0.15, 0.2) is 0 Å². The largest absolute Gasteiger partial charge is 0.480 e. The molecule has 5 heteroatoms. The van der Waals surface area contributed by atoms with E-state index in [4.69, 9.17) is 11.5 Å². The van der Waals surface area contributed by atoms with E-state index in [1.165, 1.54) is 4.90 Å². The number of aliphatic carboxylic acids is 1. The predicted molar refractivity (Wildman–Crippen MR) is 73.0 cm³/mol. The van der Waals surface area contributed by atoms with Gasteiger partial charge >= 0.3 is 12.0 Å². The van der Waals surface area contributed by atoms with Crippen molar-refractivity contribution in [2.24, 2.45) is 0 Å². The van der Waals surface area contributed by atoms with Crippen LogP contribution < -0.4 is 4.90 Å². The number of carboxylic acids is 1. The number of rotatable bonds is 4. The van der Waals surface area contributed by atoms with E-state index in [-0.39, 0.29) is 6.54 Å². The average molecular weight is 260 g/mol. The van der Waals surface area contributed by atoms with Gasteiger partial charge < -0.3 is 10.0 Å². The van der Waals surface area contributed by atoms with Crippen molar-refractivity contribution in [3.05, 3.63) is 29.8 Å². The molecule has 19 heavy (non-hydrogen) atoms. The van der Waals surface area contributed by atoms with E-state index in [9.17, 15) is 9.59 Å². The number of urea groups is 1. The number of hydrogen-bond donors (Lipinski definition) is 1. The lowest BCUT2D eigenvalue weighted by molar-refractivity contribution is -0.137. The highest BCUT2D eigenvalue weighted by molar-refractivity contribution is 5.94. The Bertz CT molecular complexity index is 520.